The third-order valence-electron chi connectivity index (χ3n) is 3.32. The van der Waals surface area contributed by atoms with Gasteiger partial charge in [-0.05, 0) is 48.4 Å². The van der Waals surface area contributed by atoms with Gasteiger partial charge in [-0.3, -0.25) is 4.79 Å². The molecule has 0 spiro atoms. The van der Waals surface area contributed by atoms with Crippen molar-refractivity contribution in [3.05, 3.63) is 42.5 Å². The second kappa shape index (κ2) is 6.29. The molecule has 0 radical (unpaired) electrons. The molecule has 0 heterocycles. The second-order valence-electron chi connectivity index (χ2n) is 5.18. The van der Waals surface area contributed by atoms with Gasteiger partial charge in [0.1, 0.15) is 5.54 Å². The summed E-state index contributed by atoms with van der Waals surface area (Å²) in [6.45, 7) is 1.57. The van der Waals surface area contributed by atoms with Crippen molar-refractivity contribution in [1.29, 1.82) is 0 Å². The number of aliphatic carboxylic acids is 1. The van der Waals surface area contributed by atoms with Gasteiger partial charge in [-0.1, -0.05) is 30.3 Å². The summed E-state index contributed by atoms with van der Waals surface area (Å²) in [4.78, 5) is 12.1. The van der Waals surface area contributed by atoms with Crippen LogP contribution in [0.3, 0.4) is 0 Å². The molecule has 0 fully saturated rings. The van der Waals surface area contributed by atoms with Crippen LogP contribution in [0.4, 0.5) is 0 Å². The van der Waals surface area contributed by atoms with Crippen LogP contribution >= 0.6 is 11.8 Å². The van der Waals surface area contributed by atoms with Crippen molar-refractivity contribution in [3.8, 4) is 0 Å². The van der Waals surface area contributed by atoms with Crippen molar-refractivity contribution in [3.63, 3.8) is 0 Å². The van der Waals surface area contributed by atoms with Crippen LogP contribution in [0.25, 0.3) is 10.8 Å². The number of hydrogen-bond acceptors (Lipinski definition) is 3. The van der Waals surface area contributed by atoms with Crippen LogP contribution in [0.2, 0.25) is 0 Å². The zero-order valence-electron chi connectivity index (χ0n) is 11.5. The van der Waals surface area contributed by atoms with E-state index < -0.39 is 11.5 Å². The maximum Gasteiger partial charge on any atom is 0.323 e. The third-order valence-corrected chi connectivity index (χ3v) is 4.40. The van der Waals surface area contributed by atoms with Gasteiger partial charge in [-0.15, -0.1) is 11.8 Å². The maximum absolute atomic E-state index is 10.9. The largest absolute Gasteiger partial charge is 0.480 e. The first kappa shape index (κ1) is 14.9. The van der Waals surface area contributed by atoms with Crippen LogP contribution in [0, 0.1) is 0 Å². The molecule has 0 aromatic heterocycles. The van der Waals surface area contributed by atoms with Crippen molar-refractivity contribution < 1.29 is 9.90 Å². The molecule has 1 atom stereocenters. The Morgan fingerprint density at radius 1 is 1.25 bits per heavy atom. The molecule has 0 bridgehead atoms. The Kier molecular flexibility index (Phi) is 4.68. The fourth-order valence-corrected chi connectivity index (χ4v) is 2.89. The predicted molar refractivity (Wildman–Crippen MR) is 84.1 cm³/mol. The van der Waals surface area contributed by atoms with E-state index in [4.69, 9.17) is 10.8 Å². The van der Waals surface area contributed by atoms with Gasteiger partial charge in [0.15, 0.2) is 0 Å². The van der Waals surface area contributed by atoms with Crippen LogP contribution in [0.5, 0.6) is 0 Å². The lowest BCUT2D eigenvalue weighted by molar-refractivity contribution is -0.142. The van der Waals surface area contributed by atoms with Gasteiger partial charge in [-0.2, -0.15) is 0 Å². The second-order valence-corrected chi connectivity index (χ2v) is 6.35. The highest BCUT2D eigenvalue weighted by Crippen LogP contribution is 2.25. The standard InChI is InChI=1S/C16H19NO2S/c1-16(17,15(18)19)9-4-10-20-14-8-7-12-5-2-3-6-13(12)11-14/h2-3,5-8,11H,4,9-10,17H2,1H3,(H,18,19). The Hall–Kier alpha value is -1.52. The van der Waals surface area contributed by atoms with E-state index in [2.05, 4.69) is 30.3 Å². The van der Waals surface area contributed by atoms with E-state index in [1.165, 1.54) is 15.7 Å². The number of carboxylic acid groups (broad SMARTS) is 1. The molecule has 3 nitrogen and oxygen atoms in total. The summed E-state index contributed by atoms with van der Waals surface area (Å²) < 4.78 is 0. The number of rotatable bonds is 6. The highest BCUT2D eigenvalue weighted by Gasteiger charge is 2.26. The molecule has 0 saturated heterocycles. The van der Waals surface area contributed by atoms with E-state index in [0.29, 0.717) is 6.42 Å². The molecule has 106 valence electrons. The van der Waals surface area contributed by atoms with Gasteiger partial charge in [0.2, 0.25) is 0 Å². The molecule has 4 heteroatoms. The lowest BCUT2D eigenvalue weighted by atomic mass is 9.98. The molecule has 2 aromatic rings. The third kappa shape index (κ3) is 3.74. The average molecular weight is 289 g/mol. The maximum atomic E-state index is 10.9. The zero-order chi connectivity index (χ0) is 14.6. The van der Waals surface area contributed by atoms with Crippen molar-refractivity contribution in [2.75, 3.05) is 5.75 Å². The highest BCUT2D eigenvalue weighted by atomic mass is 32.2. The Morgan fingerprint density at radius 2 is 1.95 bits per heavy atom. The number of nitrogens with two attached hydrogens (primary N) is 1. The monoisotopic (exact) mass is 289 g/mol. The molecular weight excluding hydrogens is 270 g/mol. The lowest BCUT2D eigenvalue weighted by Gasteiger charge is -2.18. The van der Waals surface area contributed by atoms with Crippen LogP contribution in [0.1, 0.15) is 19.8 Å². The molecule has 2 rings (SSSR count). The van der Waals surface area contributed by atoms with Crippen molar-refractivity contribution >= 4 is 28.5 Å². The van der Waals surface area contributed by atoms with Gasteiger partial charge < -0.3 is 10.8 Å². The first-order valence-corrected chi connectivity index (χ1v) is 7.61. The van der Waals surface area contributed by atoms with Crippen LogP contribution in [-0.2, 0) is 4.79 Å². The summed E-state index contributed by atoms with van der Waals surface area (Å²) in [6.07, 6.45) is 1.28. The number of carbonyl (C=O) groups is 1. The van der Waals surface area contributed by atoms with Gasteiger partial charge in [-0.25, -0.2) is 0 Å². The molecule has 0 aliphatic heterocycles. The fraction of sp³-hybridized carbons (Fsp3) is 0.312. The van der Waals surface area contributed by atoms with E-state index in [9.17, 15) is 4.79 Å². The predicted octanol–water partition coefficient (Wildman–Crippen LogP) is 3.51. The number of benzene rings is 2. The Morgan fingerprint density at radius 3 is 2.65 bits per heavy atom. The van der Waals surface area contributed by atoms with Gasteiger partial charge in [0.05, 0.1) is 0 Å². The Bertz CT molecular complexity index is 610. The van der Waals surface area contributed by atoms with E-state index in [1.807, 2.05) is 12.1 Å². The number of carboxylic acids is 1. The van der Waals surface area contributed by atoms with Gasteiger partial charge >= 0.3 is 5.97 Å². The molecule has 20 heavy (non-hydrogen) atoms. The number of fused-ring (bicyclic) bond motifs is 1. The van der Waals surface area contributed by atoms with Crippen LogP contribution < -0.4 is 5.73 Å². The minimum absolute atomic E-state index is 0.489. The van der Waals surface area contributed by atoms with Crippen molar-refractivity contribution in [2.24, 2.45) is 5.73 Å². The van der Waals surface area contributed by atoms with Gasteiger partial charge in [0.25, 0.3) is 0 Å². The first-order chi connectivity index (χ1) is 9.49. The molecule has 0 saturated carbocycles. The quantitative estimate of drug-likeness (QED) is 0.631. The lowest BCUT2D eigenvalue weighted by Crippen LogP contribution is -2.44. The zero-order valence-corrected chi connectivity index (χ0v) is 12.3. The van der Waals surface area contributed by atoms with E-state index >= 15 is 0 Å². The summed E-state index contributed by atoms with van der Waals surface area (Å²) in [5, 5.41) is 11.4. The normalized spacial score (nSPS) is 14.1. The Labute approximate surface area is 123 Å². The number of thioether (sulfide) groups is 1. The topological polar surface area (TPSA) is 63.3 Å². The molecule has 2 aromatic carbocycles. The van der Waals surface area contributed by atoms with Crippen molar-refractivity contribution in [1.82, 2.24) is 0 Å². The smallest absolute Gasteiger partial charge is 0.323 e. The molecule has 3 N–H and O–H groups in total. The molecule has 1 unspecified atom stereocenters. The molecule has 0 aliphatic carbocycles. The molecule has 0 amide bonds. The average Bonchev–Trinajstić information content (AvgIpc) is 2.43. The summed E-state index contributed by atoms with van der Waals surface area (Å²) in [5.41, 5.74) is 4.58. The van der Waals surface area contributed by atoms with E-state index in [0.717, 1.165) is 12.2 Å². The van der Waals surface area contributed by atoms with Crippen LogP contribution in [0.15, 0.2) is 47.4 Å². The summed E-state index contributed by atoms with van der Waals surface area (Å²) in [6, 6.07) is 14.6. The SMILES string of the molecule is CC(N)(CCCSc1ccc2ccccc2c1)C(=O)O. The Balaban J connectivity index is 1.88. The summed E-state index contributed by atoms with van der Waals surface area (Å²) >= 11 is 1.74. The summed E-state index contributed by atoms with van der Waals surface area (Å²) in [5.74, 6) is -0.0634. The van der Waals surface area contributed by atoms with Gasteiger partial charge in [0, 0.05) is 4.90 Å². The minimum Gasteiger partial charge on any atom is -0.480 e. The van der Waals surface area contributed by atoms with Crippen LogP contribution in [-0.4, -0.2) is 22.4 Å². The fourth-order valence-electron chi connectivity index (χ4n) is 1.99. The number of hydrogen-bond donors (Lipinski definition) is 2. The summed E-state index contributed by atoms with van der Waals surface area (Å²) in [7, 11) is 0. The minimum atomic E-state index is -1.12. The highest BCUT2D eigenvalue weighted by molar-refractivity contribution is 7.99. The molecule has 0 aliphatic rings. The molecular formula is C16H19NO2S. The van der Waals surface area contributed by atoms with E-state index in [-0.39, 0.29) is 0 Å². The van der Waals surface area contributed by atoms with Crippen molar-refractivity contribution in [2.45, 2.75) is 30.2 Å². The van der Waals surface area contributed by atoms with E-state index in [1.54, 1.807) is 18.7 Å². The first-order valence-electron chi connectivity index (χ1n) is 6.63.